The summed E-state index contributed by atoms with van der Waals surface area (Å²) < 4.78 is 1.56. The van der Waals surface area contributed by atoms with Crippen molar-refractivity contribution in [3.05, 3.63) is 62.9 Å². The van der Waals surface area contributed by atoms with E-state index in [1.54, 1.807) is 22.8 Å². The summed E-state index contributed by atoms with van der Waals surface area (Å²) >= 11 is 1.57. The zero-order chi connectivity index (χ0) is 22.0. The van der Waals surface area contributed by atoms with Gasteiger partial charge in [-0.3, -0.25) is 9.36 Å². The summed E-state index contributed by atoms with van der Waals surface area (Å²) in [6.45, 7) is 6.71. The molecule has 1 aliphatic heterocycles. The molecule has 1 fully saturated rings. The summed E-state index contributed by atoms with van der Waals surface area (Å²) in [6, 6.07) is 7.62. The second kappa shape index (κ2) is 8.97. The van der Waals surface area contributed by atoms with E-state index in [9.17, 15) is 9.59 Å². The van der Waals surface area contributed by atoms with Crippen LogP contribution in [0.3, 0.4) is 0 Å². The number of rotatable bonds is 6. The first kappa shape index (κ1) is 21.2. The van der Waals surface area contributed by atoms with Gasteiger partial charge in [0.1, 0.15) is 5.82 Å². The van der Waals surface area contributed by atoms with E-state index >= 15 is 0 Å². The number of nitrogens with zero attached hydrogens (tertiary/aromatic N) is 5. The second-order valence-corrected chi connectivity index (χ2v) is 9.05. The van der Waals surface area contributed by atoms with E-state index in [1.165, 1.54) is 0 Å². The zero-order valence-corrected chi connectivity index (χ0v) is 18.8. The summed E-state index contributed by atoms with van der Waals surface area (Å²) in [5, 5.41) is 4.04. The molecule has 9 heteroatoms. The third kappa shape index (κ3) is 4.82. The SMILES string of the molecule is Cc1cc(C)n(CCC(=O)N2CCCC2c2cccc(Nc3ncc(C)s3)n2)c(=O)n1. The fourth-order valence-electron chi connectivity index (χ4n) is 4.00. The minimum absolute atomic E-state index is 0.0325. The van der Waals surface area contributed by atoms with Gasteiger partial charge in [0.05, 0.1) is 11.7 Å². The lowest BCUT2D eigenvalue weighted by Crippen LogP contribution is -2.33. The molecule has 1 unspecified atom stereocenters. The van der Waals surface area contributed by atoms with Crippen LogP contribution in [0.2, 0.25) is 0 Å². The highest BCUT2D eigenvalue weighted by atomic mass is 32.1. The maximum absolute atomic E-state index is 13.0. The van der Waals surface area contributed by atoms with E-state index in [0.717, 1.165) is 40.1 Å². The number of hydrogen-bond donors (Lipinski definition) is 1. The van der Waals surface area contributed by atoms with Crippen LogP contribution in [0.5, 0.6) is 0 Å². The van der Waals surface area contributed by atoms with Gasteiger partial charge in [-0.05, 0) is 51.8 Å². The lowest BCUT2D eigenvalue weighted by Gasteiger charge is -2.25. The smallest absolute Gasteiger partial charge is 0.334 e. The normalized spacial score (nSPS) is 16.0. The number of thiazole rings is 1. The minimum atomic E-state index is -0.305. The summed E-state index contributed by atoms with van der Waals surface area (Å²) in [7, 11) is 0. The molecule has 0 saturated carbocycles. The van der Waals surface area contributed by atoms with Crippen LogP contribution in [0.1, 0.15) is 47.3 Å². The number of aryl methyl sites for hydroxylation is 3. The van der Waals surface area contributed by atoms with E-state index < -0.39 is 0 Å². The molecule has 1 atom stereocenters. The molecule has 0 aromatic carbocycles. The number of nitrogens with one attached hydrogen (secondary N) is 1. The molecule has 1 N–H and O–H groups in total. The van der Waals surface area contributed by atoms with Gasteiger partial charge in [-0.15, -0.1) is 11.3 Å². The second-order valence-electron chi connectivity index (χ2n) is 7.82. The van der Waals surface area contributed by atoms with Crippen molar-refractivity contribution in [3.63, 3.8) is 0 Å². The Morgan fingerprint density at radius 1 is 1.26 bits per heavy atom. The molecular formula is C22H26N6O2S. The van der Waals surface area contributed by atoms with Crippen molar-refractivity contribution in [2.75, 3.05) is 11.9 Å². The third-order valence-corrected chi connectivity index (χ3v) is 6.27. The number of aromatic nitrogens is 4. The molecule has 1 saturated heterocycles. The fraction of sp³-hybridized carbons (Fsp3) is 0.409. The molecule has 0 spiro atoms. The largest absolute Gasteiger partial charge is 0.347 e. The van der Waals surface area contributed by atoms with Crippen molar-refractivity contribution in [1.29, 1.82) is 0 Å². The van der Waals surface area contributed by atoms with Crippen molar-refractivity contribution in [2.45, 2.75) is 52.6 Å². The van der Waals surface area contributed by atoms with Crippen LogP contribution in [0.4, 0.5) is 10.9 Å². The number of anilines is 2. The molecule has 0 radical (unpaired) electrons. The molecule has 3 aromatic rings. The van der Waals surface area contributed by atoms with Gasteiger partial charge >= 0.3 is 5.69 Å². The van der Waals surface area contributed by atoms with Crippen molar-refractivity contribution >= 4 is 28.2 Å². The number of likely N-dealkylation sites (tertiary alicyclic amines) is 1. The summed E-state index contributed by atoms with van der Waals surface area (Å²) in [5.41, 5.74) is 2.08. The van der Waals surface area contributed by atoms with E-state index in [-0.39, 0.29) is 24.1 Å². The average Bonchev–Trinajstić information content (AvgIpc) is 3.36. The molecule has 4 rings (SSSR count). The Kier molecular flexibility index (Phi) is 6.13. The van der Waals surface area contributed by atoms with Crippen LogP contribution >= 0.6 is 11.3 Å². The Morgan fingerprint density at radius 3 is 2.84 bits per heavy atom. The number of hydrogen-bond acceptors (Lipinski definition) is 7. The van der Waals surface area contributed by atoms with Gasteiger partial charge in [0.2, 0.25) is 5.91 Å². The van der Waals surface area contributed by atoms with Crippen molar-refractivity contribution < 1.29 is 4.79 Å². The van der Waals surface area contributed by atoms with Gasteiger partial charge in [0.25, 0.3) is 0 Å². The lowest BCUT2D eigenvalue weighted by molar-refractivity contribution is -0.132. The van der Waals surface area contributed by atoms with Gasteiger partial charge < -0.3 is 10.2 Å². The van der Waals surface area contributed by atoms with Gasteiger partial charge in [-0.1, -0.05) is 6.07 Å². The van der Waals surface area contributed by atoms with Gasteiger partial charge in [-0.2, -0.15) is 4.98 Å². The highest BCUT2D eigenvalue weighted by Gasteiger charge is 2.30. The van der Waals surface area contributed by atoms with E-state index in [2.05, 4.69) is 15.3 Å². The minimum Gasteiger partial charge on any atom is -0.334 e. The van der Waals surface area contributed by atoms with Crippen molar-refractivity contribution in [2.24, 2.45) is 0 Å². The molecule has 162 valence electrons. The first-order valence-electron chi connectivity index (χ1n) is 10.4. The molecule has 1 aliphatic rings. The Morgan fingerprint density at radius 2 is 2.10 bits per heavy atom. The van der Waals surface area contributed by atoms with Crippen LogP contribution in [0.25, 0.3) is 0 Å². The maximum atomic E-state index is 13.0. The quantitative estimate of drug-likeness (QED) is 0.633. The predicted octanol–water partition coefficient (Wildman–Crippen LogP) is 3.52. The van der Waals surface area contributed by atoms with Crippen LogP contribution in [-0.2, 0) is 11.3 Å². The zero-order valence-electron chi connectivity index (χ0n) is 18.0. The number of amides is 1. The molecule has 31 heavy (non-hydrogen) atoms. The Labute approximate surface area is 185 Å². The lowest BCUT2D eigenvalue weighted by atomic mass is 10.1. The van der Waals surface area contributed by atoms with Crippen LogP contribution in [0, 0.1) is 20.8 Å². The molecule has 0 bridgehead atoms. The Hall–Kier alpha value is -3.07. The highest BCUT2D eigenvalue weighted by molar-refractivity contribution is 7.15. The van der Waals surface area contributed by atoms with Gasteiger partial charge in [-0.25, -0.2) is 14.8 Å². The van der Waals surface area contributed by atoms with Gasteiger partial charge in [0, 0.05) is 42.0 Å². The number of carbonyl (C=O) groups is 1. The van der Waals surface area contributed by atoms with Crippen LogP contribution < -0.4 is 11.0 Å². The van der Waals surface area contributed by atoms with E-state index in [1.807, 2.05) is 49.2 Å². The molecule has 1 amide bonds. The topological polar surface area (TPSA) is 93.0 Å². The van der Waals surface area contributed by atoms with Crippen molar-refractivity contribution in [1.82, 2.24) is 24.4 Å². The number of pyridine rings is 1. The van der Waals surface area contributed by atoms with Crippen LogP contribution in [-0.4, -0.2) is 36.9 Å². The first-order chi connectivity index (χ1) is 14.9. The molecular weight excluding hydrogens is 412 g/mol. The molecule has 4 heterocycles. The Balaban J connectivity index is 1.46. The van der Waals surface area contributed by atoms with E-state index in [4.69, 9.17) is 4.98 Å². The molecule has 0 aliphatic carbocycles. The third-order valence-electron chi connectivity index (χ3n) is 5.44. The predicted molar refractivity (Wildman–Crippen MR) is 121 cm³/mol. The first-order valence-corrected chi connectivity index (χ1v) is 11.2. The standard InChI is InChI=1S/C22H26N6O2S/c1-14-12-15(2)27(22(30)24-14)11-9-20(29)28-10-5-7-18(28)17-6-4-8-19(25-17)26-21-23-13-16(3)31-21/h4,6,8,12-13,18H,5,7,9-11H2,1-3H3,(H,23,25,26). The highest BCUT2D eigenvalue weighted by Crippen LogP contribution is 2.32. The summed E-state index contributed by atoms with van der Waals surface area (Å²) in [6.07, 6.45) is 3.90. The van der Waals surface area contributed by atoms with Crippen LogP contribution in [0.15, 0.2) is 35.3 Å². The Bertz CT molecular complexity index is 1150. The fourth-order valence-corrected chi connectivity index (χ4v) is 4.67. The molecule has 8 nitrogen and oxygen atoms in total. The monoisotopic (exact) mass is 438 g/mol. The maximum Gasteiger partial charge on any atom is 0.347 e. The number of carbonyl (C=O) groups excluding carboxylic acids is 1. The summed E-state index contributed by atoms with van der Waals surface area (Å²) in [4.78, 5) is 41.3. The van der Waals surface area contributed by atoms with E-state index in [0.29, 0.717) is 18.8 Å². The van der Waals surface area contributed by atoms with Crippen molar-refractivity contribution in [3.8, 4) is 0 Å². The summed E-state index contributed by atoms with van der Waals surface area (Å²) in [5.74, 6) is 0.754. The average molecular weight is 439 g/mol. The molecule has 3 aromatic heterocycles. The van der Waals surface area contributed by atoms with Gasteiger partial charge in [0.15, 0.2) is 5.13 Å².